The van der Waals surface area contributed by atoms with Gasteiger partial charge in [0.25, 0.3) is 0 Å². The molecule has 24 heavy (non-hydrogen) atoms. The van der Waals surface area contributed by atoms with Crippen LogP contribution in [0.4, 0.5) is 4.79 Å². The molecule has 0 bridgehead atoms. The molecule has 0 aromatic rings. The number of likely N-dealkylation sites (N-methyl/N-ethyl adjacent to an activating group) is 1. The maximum atomic E-state index is 12.2. The lowest BCUT2D eigenvalue weighted by molar-refractivity contribution is 0.0137. The van der Waals surface area contributed by atoms with Gasteiger partial charge >= 0.3 is 6.09 Å². The summed E-state index contributed by atoms with van der Waals surface area (Å²) in [5.74, 6) is 0.957. The Balaban J connectivity index is 1.87. The van der Waals surface area contributed by atoms with Gasteiger partial charge < -0.3 is 24.8 Å². The van der Waals surface area contributed by atoms with E-state index in [9.17, 15) is 4.79 Å². The number of nitrogens with zero attached hydrogens (tertiary/aromatic N) is 4. The molecule has 7 nitrogen and oxygen atoms in total. The van der Waals surface area contributed by atoms with E-state index in [1.54, 1.807) is 4.90 Å². The van der Waals surface area contributed by atoms with Crippen LogP contribution in [0.5, 0.6) is 0 Å². The van der Waals surface area contributed by atoms with Gasteiger partial charge in [-0.15, -0.1) is 0 Å². The lowest BCUT2D eigenvalue weighted by Gasteiger charge is -2.40. The summed E-state index contributed by atoms with van der Waals surface area (Å²) >= 11 is 0. The van der Waals surface area contributed by atoms with Crippen LogP contribution in [0.3, 0.4) is 0 Å². The van der Waals surface area contributed by atoms with Crippen LogP contribution in [0.25, 0.3) is 0 Å². The highest BCUT2D eigenvalue weighted by molar-refractivity contribution is 5.82. The van der Waals surface area contributed by atoms with Gasteiger partial charge in [0.15, 0.2) is 5.96 Å². The summed E-state index contributed by atoms with van der Waals surface area (Å²) < 4.78 is 5.48. The molecule has 0 aromatic carbocycles. The first-order chi connectivity index (χ1) is 11.0. The van der Waals surface area contributed by atoms with Gasteiger partial charge in [0.1, 0.15) is 5.60 Å². The molecule has 2 heterocycles. The second-order valence-corrected chi connectivity index (χ2v) is 8.50. The van der Waals surface area contributed by atoms with Crippen LogP contribution in [0.15, 0.2) is 4.99 Å². The zero-order valence-corrected chi connectivity index (χ0v) is 16.2. The van der Waals surface area contributed by atoms with Crippen molar-refractivity contribution >= 4 is 12.1 Å². The third kappa shape index (κ3) is 4.53. The molecule has 2 aliphatic rings. The maximum Gasteiger partial charge on any atom is 0.410 e. The molecule has 1 saturated heterocycles. The van der Waals surface area contributed by atoms with Crippen molar-refractivity contribution in [3.63, 3.8) is 0 Å². The fraction of sp³-hybridized carbons (Fsp3) is 0.882. The van der Waals surface area contributed by atoms with Crippen LogP contribution in [0, 0.1) is 0 Å². The van der Waals surface area contributed by atoms with Gasteiger partial charge in [0.05, 0.1) is 12.6 Å². The molecule has 7 heteroatoms. The number of guanidine groups is 1. The second-order valence-electron chi connectivity index (χ2n) is 8.50. The van der Waals surface area contributed by atoms with Crippen molar-refractivity contribution in [2.75, 3.05) is 46.8 Å². The van der Waals surface area contributed by atoms with E-state index in [2.05, 4.69) is 48.1 Å². The molecule has 1 fully saturated rings. The van der Waals surface area contributed by atoms with Crippen molar-refractivity contribution in [1.29, 1.82) is 0 Å². The number of fused-ring (bicyclic) bond motifs is 1. The normalized spacial score (nSPS) is 21.7. The highest BCUT2D eigenvalue weighted by Gasteiger charge is 2.36. The van der Waals surface area contributed by atoms with Gasteiger partial charge in [0.2, 0.25) is 0 Å². The van der Waals surface area contributed by atoms with E-state index < -0.39 is 5.60 Å². The Morgan fingerprint density at radius 1 is 1.29 bits per heavy atom. The van der Waals surface area contributed by atoms with Crippen molar-refractivity contribution in [2.45, 2.75) is 51.8 Å². The minimum Gasteiger partial charge on any atom is -0.444 e. The average molecular weight is 339 g/mol. The molecule has 0 saturated carbocycles. The standard InChI is InChI=1S/C17H33N5O2/c1-16(2,3)24-15(23)21-8-9-22-13(11-21)10-18-14(22)19-12-17(4,5)20(6)7/h13H,8-12H2,1-7H3,(H,18,19). The molecule has 2 aliphatic heterocycles. The summed E-state index contributed by atoms with van der Waals surface area (Å²) in [6.07, 6.45) is -0.225. The topological polar surface area (TPSA) is 60.4 Å². The fourth-order valence-electron chi connectivity index (χ4n) is 2.68. The van der Waals surface area contributed by atoms with Crippen LogP contribution < -0.4 is 5.32 Å². The van der Waals surface area contributed by atoms with Crippen LogP contribution in [-0.4, -0.2) is 90.8 Å². The number of carbonyl (C=O) groups excluding carboxylic acids is 1. The number of nitrogens with one attached hydrogen (secondary N) is 1. The number of piperazine rings is 1. The Kier molecular flexibility index (Phi) is 5.32. The Labute approximate surface area is 146 Å². The van der Waals surface area contributed by atoms with E-state index in [1.807, 2.05) is 20.8 Å². The third-order valence-electron chi connectivity index (χ3n) is 4.75. The first kappa shape index (κ1) is 18.8. The SMILES string of the molecule is CN(C)C(C)(C)CNC1=NCC2CN(C(=O)OC(C)(C)C)CCN12. The van der Waals surface area contributed by atoms with Crippen molar-refractivity contribution < 1.29 is 9.53 Å². The predicted molar refractivity (Wildman–Crippen MR) is 96.4 cm³/mol. The number of hydrogen-bond donors (Lipinski definition) is 1. The first-order valence-electron chi connectivity index (χ1n) is 8.70. The Hall–Kier alpha value is -1.50. The molecule has 1 amide bonds. The molecule has 0 aromatic heterocycles. The van der Waals surface area contributed by atoms with Gasteiger partial charge in [-0.2, -0.15) is 0 Å². The van der Waals surface area contributed by atoms with Gasteiger partial charge in [-0.25, -0.2) is 4.79 Å². The summed E-state index contributed by atoms with van der Waals surface area (Å²) in [5.41, 5.74) is -0.399. The molecule has 1 unspecified atom stereocenters. The average Bonchev–Trinajstić information content (AvgIpc) is 2.85. The highest BCUT2D eigenvalue weighted by atomic mass is 16.6. The second kappa shape index (κ2) is 6.78. The summed E-state index contributed by atoms with van der Waals surface area (Å²) in [6.45, 7) is 13.8. The molecule has 0 radical (unpaired) electrons. The first-order valence-corrected chi connectivity index (χ1v) is 8.70. The van der Waals surface area contributed by atoms with Crippen LogP contribution in [0.2, 0.25) is 0 Å². The number of aliphatic imine (C=N–C) groups is 1. The molecule has 1 N–H and O–H groups in total. The Morgan fingerprint density at radius 3 is 2.54 bits per heavy atom. The van der Waals surface area contributed by atoms with E-state index in [4.69, 9.17) is 4.74 Å². The van der Waals surface area contributed by atoms with Crippen LogP contribution in [-0.2, 0) is 4.74 Å². The van der Waals surface area contributed by atoms with Crippen molar-refractivity contribution in [2.24, 2.45) is 4.99 Å². The van der Waals surface area contributed by atoms with Crippen LogP contribution >= 0.6 is 0 Å². The van der Waals surface area contributed by atoms with E-state index in [-0.39, 0.29) is 17.7 Å². The van der Waals surface area contributed by atoms with Gasteiger partial charge in [0, 0.05) is 31.7 Å². The van der Waals surface area contributed by atoms with Crippen molar-refractivity contribution in [3.8, 4) is 0 Å². The lowest BCUT2D eigenvalue weighted by atomic mass is 10.0. The van der Waals surface area contributed by atoms with Crippen molar-refractivity contribution in [1.82, 2.24) is 20.0 Å². The fourth-order valence-corrected chi connectivity index (χ4v) is 2.68. The summed E-state index contributed by atoms with van der Waals surface area (Å²) in [6, 6.07) is 0.247. The van der Waals surface area contributed by atoms with E-state index in [0.29, 0.717) is 13.1 Å². The van der Waals surface area contributed by atoms with Gasteiger partial charge in [-0.3, -0.25) is 4.99 Å². The van der Waals surface area contributed by atoms with E-state index in [1.165, 1.54) is 0 Å². The summed E-state index contributed by atoms with van der Waals surface area (Å²) in [4.78, 5) is 23.2. The molecular formula is C17H33N5O2. The van der Waals surface area contributed by atoms with E-state index >= 15 is 0 Å². The monoisotopic (exact) mass is 339 g/mol. The number of carbonyl (C=O) groups is 1. The van der Waals surface area contributed by atoms with E-state index in [0.717, 1.165) is 25.6 Å². The molecule has 0 aliphatic carbocycles. The number of ether oxygens (including phenoxy) is 1. The quantitative estimate of drug-likeness (QED) is 0.837. The summed E-state index contributed by atoms with van der Waals surface area (Å²) in [5, 5.41) is 3.48. The number of hydrogen-bond acceptors (Lipinski definition) is 6. The number of amides is 1. The molecule has 2 rings (SSSR count). The molecule has 138 valence electrons. The minimum absolute atomic E-state index is 0.0545. The highest BCUT2D eigenvalue weighted by Crippen LogP contribution is 2.19. The third-order valence-corrected chi connectivity index (χ3v) is 4.75. The zero-order valence-electron chi connectivity index (χ0n) is 16.2. The largest absolute Gasteiger partial charge is 0.444 e. The van der Waals surface area contributed by atoms with Gasteiger partial charge in [-0.05, 0) is 48.7 Å². The lowest BCUT2D eigenvalue weighted by Crippen LogP contribution is -2.59. The predicted octanol–water partition coefficient (Wildman–Crippen LogP) is 1.21. The molecule has 0 spiro atoms. The van der Waals surface area contributed by atoms with Crippen LogP contribution in [0.1, 0.15) is 34.6 Å². The molecular weight excluding hydrogens is 306 g/mol. The zero-order chi connectivity index (χ0) is 18.1. The molecule has 1 atom stereocenters. The number of rotatable bonds is 3. The van der Waals surface area contributed by atoms with Gasteiger partial charge in [-0.1, -0.05) is 0 Å². The van der Waals surface area contributed by atoms with Crippen molar-refractivity contribution in [3.05, 3.63) is 0 Å². The Morgan fingerprint density at radius 2 is 1.96 bits per heavy atom. The smallest absolute Gasteiger partial charge is 0.410 e. The Bertz CT molecular complexity index is 496. The summed E-state index contributed by atoms with van der Waals surface area (Å²) in [7, 11) is 4.17. The maximum absolute atomic E-state index is 12.2. The minimum atomic E-state index is -0.454.